The first-order valence-electron chi connectivity index (χ1n) is 0. The average molecular weight is 593 g/mol. The Labute approximate surface area is 173 Å². The Bertz CT molecular complexity index is 24.1. The Hall–Kier alpha value is 3.74. The van der Waals surface area contributed by atoms with Gasteiger partial charge in [0.15, 0.2) is 0 Å². The maximum absolute atomic E-state index is 0. The van der Waals surface area contributed by atoms with Gasteiger partial charge in [0.2, 0.25) is 0 Å². The molecule has 15 heavy (non-hydrogen) atoms. The second-order valence-electron chi connectivity index (χ2n) is 0. The van der Waals surface area contributed by atoms with Crippen LogP contribution >= 0.6 is 0 Å². The van der Waals surface area contributed by atoms with Gasteiger partial charge in [0.25, 0.3) is 0 Å². The first-order valence-corrected chi connectivity index (χ1v) is 0. The molecule has 0 atom stereocenters. The van der Waals surface area contributed by atoms with Crippen molar-refractivity contribution in [3.05, 3.63) is 0 Å². The molecule has 0 aliphatic heterocycles. The van der Waals surface area contributed by atoms with Crippen LogP contribution in [-0.4, -0.2) is 48.9 Å². The van der Waals surface area contributed by atoms with E-state index >= 15 is 0 Å². The molecular weight excluding hydrogens is 593 g/mol. The van der Waals surface area contributed by atoms with Crippen molar-refractivity contribution >= 4 is 48.9 Å². The van der Waals surface area contributed by atoms with Crippen molar-refractivity contribution in [3.63, 3.8) is 0 Å². The van der Waals surface area contributed by atoms with E-state index < -0.39 is 0 Å². The molecule has 0 N–H and O–H groups in total. The summed E-state index contributed by atoms with van der Waals surface area (Å²) in [5, 5.41) is 0. The molecule has 6 radical (unpaired) electrons. The van der Waals surface area contributed by atoms with Crippen molar-refractivity contribution in [3.8, 4) is 0 Å². The number of hydrogen-bond acceptors (Lipinski definition) is 0. The molecule has 0 aromatic heterocycles. The van der Waals surface area contributed by atoms with Gasteiger partial charge in [-0.15, -0.1) is 0 Å². The summed E-state index contributed by atoms with van der Waals surface area (Å²) in [7, 11) is 0. The fraction of sp³-hybridized carbons (Fsp3) is 0. The molecule has 0 rings (SSSR count). The molecule has 0 fully saturated rings. The first kappa shape index (κ1) is 421. The average Bonchev–Trinajstić information content (AvgIpc) is 0. The predicted octanol–water partition coefficient (Wildman–Crippen LogP) is -1.84. The molecule has 0 heterocycles. The Morgan fingerprint density at radius 2 is 0.267 bits per heavy atom. The minimum atomic E-state index is 0. The van der Waals surface area contributed by atoms with Crippen LogP contribution in [0.4, 0.5) is 0 Å². The molecule has 0 aromatic carbocycles. The van der Waals surface area contributed by atoms with Gasteiger partial charge in [-0.3, -0.25) is 0 Å². The largest absolute Gasteiger partial charge is 4.00 e. The maximum Gasteiger partial charge on any atom is 4.00 e. The van der Waals surface area contributed by atoms with Crippen molar-refractivity contribution in [1.29, 1.82) is 0 Å². The molecule has 0 saturated carbocycles. The zero-order valence-electron chi connectivity index (χ0n) is 6.32. The van der Waals surface area contributed by atoms with Gasteiger partial charge in [-0.05, 0) is 0 Å². The topological polar surface area (TPSA) is 256 Å². The fourth-order valence-electron chi connectivity index (χ4n) is 0. The molecule has 0 bridgehead atoms. The minimum absolute atomic E-state index is 0. The van der Waals surface area contributed by atoms with Gasteiger partial charge in [0.1, 0.15) is 0 Å². The molecule has 15 heteroatoms. The maximum atomic E-state index is 0. The summed E-state index contributed by atoms with van der Waals surface area (Å²) in [4.78, 5) is 0. The Morgan fingerprint density at radius 1 is 0.267 bits per heavy atom. The van der Waals surface area contributed by atoms with Gasteiger partial charge in [0, 0.05) is 0 Å². The molecule has 86 valence electrons. The summed E-state index contributed by atoms with van der Waals surface area (Å²) in [5.41, 5.74) is 0. The van der Waals surface area contributed by atoms with Crippen LogP contribution in [0.3, 0.4) is 0 Å². The second-order valence-corrected chi connectivity index (χ2v) is 0. The van der Waals surface area contributed by atoms with Crippen molar-refractivity contribution < 1.29 is 127 Å². The van der Waals surface area contributed by atoms with Crippen LogP contribution in [0.25, 0.3) is 0 Å². The van der Waals surface area contributed by atoms with Crippen LogP contribution in [0, 0.1) is 0 Å². The van der Waals surface area contributed by atoms with E-state index in [1.165, 1.54) is 0 Å². The third-order valence-corrected chi connectivity index (χ3v) is 0. The quantitative estimate of drug-likeness (QED) is 0.281. The van der Waals surface area contributed by atoms with Crippen molar-refractivity contribution in [1.82, 2.24) is 0 Å². The Morgan fingerprint density at radius 3 is 0.267 bits per heavy atom. The third-order valence-electron chi connectivity index (χ3n) is 0. The van der Waals surface area contributed by atoms with Gasteiger partial charge in [-0.1, -0.05) is 0 Å². The first-order chi connectivity index (χ1) is 0. The van der Waals surface area contributed by atoms with Crippen molar-refractivity contribution in [2.75, 3.05) is 0 Å². The fourth-order valence-corrected chi connectivity index (χ4v) is 0. The molecule has 0 saturated heterocycles. The zero-order valence-corrected chi connectivity index (χ0v) is 16.9. The van der Waals surface area contributed by atoms with Crippen LogP contribution in [0.5, 0.6) is 0 Å². The molecule has 9 nitrogen and oxygen atoms in total. The normalized spacial score (nSPS) is 0. The minimum Gasteiger partial charge on any atom is -2.00 e. The molecular formula is Mn2O9Sb2Ti2. The van der Waals surface area contributed by atoms with E-state index in [0.717, 1.165) is 0 Å². The Balaban J connectivity index is 0. The van der Waals surface area contributed by atoms with Crippen molar-refractivity contribution in [2.45, 2.75) is 0 Å². The summed E-state index contributed by atoms with van der Waals surface area (Å²) in [5.74, 6) is 0. The van der Waals surface area contributed by atoms with E-state index in [9.17, 15) is 0 Å². The third kappa shape index (κ3) is 314. The number of hydrogen-bond donors (Lipinski definition) is 0. The summed E-state index contributed by atoms with van der Waals surface area (Å²) in [6.07, 6.45) is 0. The summed E-state index contributed by atoms with van der Waals surface area (Å²) in [6.45, 7) is 0. The van der Waals surface area contributed by atoms with E-state index in [1.54, 1.807) is 0 Å². The zero-order chi connectivity index (χ0) is 0. The molecule has 0 aromatic rings. The van der Waals surface area contributed by atoms with Crippen LogP contribution < -0.4 is 0 Å². The van der Waals surface area contributed by atoms with Gasteiger partial charge >= 0.3 is 126 Å². The molecule has 0 unspecified atom stereocenters. The predicted molar refractivity (Wildman–Crippen MR) is 17.7 cm³/mol. The van der Waals surface area contributed by atoms with Gasteiger partial charge in [-0.2, -0.15) is 0 Å². The van der Waals surface area contributed by atoms with E-state index in [-0.39, 0.29) is 176 Å². The monoisotopic (exact) mass is 592 g/mol. The summed E-state index contributed by atoms with van der Waals surface area (Å²) >= 11 is 0. The van der Waals surface area contributed by atoms with Crippen molar-refractivity contribution in [2.24, 2.45) is 0 Å². The van der Waals surface area contributed by atoms with Crippen LogP contribution in [0.1, 0.15) is 0 Å². The molecule has 0 amide bonds. The second kappa shape index (κ2) is 355. The van der Waals surface area contributed by atoms with Gasteiger partial charge in [0.05, 0.1) is 0 Å². The van der Waals surface area contributed by atoms with E-state index in [2.05, 4.69) is 0 Å². The van der Waals surface area contributed by atoms with Crippen LogP contribution in [-0.2, 0) is 127 Å². The molecule has 0 aliphatic carbocycles. The van der Waals surface area contributed by atoms with Gasteiger partial charge < -0.3 is 49.3 Å². The molecule has 0 aliphatic rings. The standard InChI is InChI=1S/2Mn.9O.2Sb.2Ti/q2*+2;9*-2;2*+3;2*+4. The van der Waals surface area contributed by atoms with E-state index in [4.69, 9.17) is 0 Å². The summed E-state index contributed by atoms with van der Waals surface area (Å²) < 4.78 is 0. The Kier molecular flexibility index (Phi) is 9960. The number of rotatable bonds is 0. The summed E-state index contributed by atoms with van der Waals surface area (Å²) in [6, 6.07) is 0. The van der Waals surface area contributed by atoms with E-state index in [1.807, 2.05) is 0 Å². The van der Waals surface area contributed by atoms with Crippen LogP contribution in [0.2, 0.25) is 0 Å². The van der Waals surface area contributed by atoms with Crippen LogP contribution in [0.15, 0.2) is 0 Å². The van der Waals surface area contributed by atoms with Gasteiger partial charge in [-0.25, -0.2) is 0 Å². The van der Waals surface area contributed by atoms with E-state index in [0.29, 0.717) is 0 Å². The molecule has 0 spiro atoms. The smallest absolute Gasteiger partial charge is 2.00 e. The SMILES string of the molecule is [Mn+2].[Mn+2].[O-2].[O-2].[O-2].[O-2].[O-2].[O-2].[O-2].[O-2].[O-2].[Sb+3].[Sb+3].[Ti+4].[Ti+4].